The highest BCUT2D eigenvalue weighted by Crippen LogP contribution is 2.16. The molecule has 0 fully saturated rings. The SMILES string of the molecule is CCOc1ncccc1C(=O)NCc1nc2ccccc2n1C. The Kier molecular flexibility index (Phi) is 4.23. The second-order valence-electron chi connectivity index (χ2n) is 5.05. The van der Waals surface area contributed by atoms with Crippen molar-refractivity contribution in [1.29, 1.82) is 0 Å². The van der Waals surface area contributed by atoms with E-state index in [2.05, 4.69) is 15.3 Å². The van der Waals surface area contributed by atoms with Crippen LogP contribution < -0.4 is 10.1 Å². The van der Waals surface area contributed by atoms with Gasteiger partial charge < -0.3 is 14.6 Å². The van der Waals surface area contributed by atoms with Gasteiger partial charge in [-0.15, -0.1) is 0 Å². The summed E-state index contributed by atoms with van der Waals surface area (Å²) in [6.45, 7) is 2.66. The van der Waals surface area contributed by atoms with Crippen LogP contribution >= 0.6 is 0 Å². The lowest BCUT2D eigenvalue weighted by molar-refractivity contribution is 0.0945. The minimum absolute atomic E-state index is 0.228. The monoisotopic (exact) mass is 310 g/mol. The number of carbonyl (C=O) groups excluding carboxylic acids is 1. The first kappa shape index (κ1) is 15.0. The minimum atomic E-state index is -0.228. The molecule has 23 heavy (non-hydrogen) atoms. The molecule has 6 heteroatoms. The molecule has 3 rings (SSSR count). The summed E-state index contributed by atoms with van der Waals surface area (Å²) in [5.74, 6) is 0.910. The molecule has 0 unspecified atom stereocenters. The largest absolute Gasteiger partial charge is 0.477 e. The number of nitrogens with zero attached hydrogens (tertiary/aromatic N) is 3. The molecule has 0 radical (unpaired) electrons. The van der Waals surface area contributed by atoms with Gasteiger partial charge >= 0.3 is 0 Å². The van der Waals surface area contributed by atoms with E-state index in [0.29, 0.717) is 24.6 Å². The lowest BCUT2D eigenvalue weighted by Crippen LogP contribution is -2.25. The van der Waals surface area contributed by atoms with Crippen molar-refractivity contribution < 1.29 is 9.53 Å². The molecular weight excluding hydrogens is 292 g/mol. The Bertz CT molecular complexity index is 841. The molecule has 0 saturated carbocycles. The van der Waals surface area contributed by atoms with Gasteiger partial charge in [-0.25, -0.2) is 9.97 Å². The molecule has 0 bridgehead atoms. The van der Waals surface area contributed by atoms with Crippen molar-refractivity contribution in [2.45, 2.75) is 13.5 Å². The van der Waals surface area contributed by atoms with Gasteiger partial charge in [0.15, 0.2) is 0 Å². The van der Waals surface area contributed by atoms with Crippen LogP contribution in [0.4, 0.5) is 0 Å². The normalized spacial score (nSPS) is 10.7. The van der Waals surface area contributed by atoms with Gasteiger partial charge in [0.25, 0.3) is 5.91 Å². The van der Waals surface area contributed by atoms with E-state index >= 15 is 0 Å². The summed E-state index contributed by atoms with van der Waals surface area (Å²) in [7, 11) is 1.94. The first-order chi connectivity index (χ1) is 11.2. The van der Waals surface area contributed by atoms with Crippen LogP contribution in [0.2, 0.25) is 0 Å². The van der Waals surface area contributed by atoms with Crippen molar-refractivity contribution in [2.24, 2.45) is 7.05 Å². The Morgan fingerprint density at radius 3 is 2.87 bits per heavy atom. The average Bonchev–Trinajstić information content (AvgIpc) is 2.90. The second-order valence-corrected chi connectivity index (χ2v) is 5.05. The van der Waals surface area contributed by atoms with Gasteiger partial charge in [-0.3, -0.25) is 4.79 Å². The third kappa shape index (κ3) is 3.01. The molecule has 118 valence electrons. The maximum Gasteiger partial charge on any atom is 0.257 e. The smallest absolute Gasteiger partial charge is 0.257 e. The van der Waals surface area contributed by atoms with Gasteiger partial charge in [0.1, 0.15) is 11.4 Å². The lowest BCUT2D eigenvalue weighted by Gasteiger charge is -2.09. The number of ether oxygens (including phenoxy) is 1. The minimum Gasteiger partial charge on any atom is -0.477 e. The molecule has 1 aromatic carbocycles. The van der Waals surface area contributed by atoms with E-state index in [0.717, 1.165) is 16.9 Å². The number of amides is 1. The van der Waals surface area contributed by atoms with E-state index < -0.39 is 0 Å². The zero-order chi connectivity index (χ0) is 16.2. The van der Waals surface area contributed by atoms with Crippen LogP contribution in [0, 0.1) is 0 Å². The van der Waals surface area contributed by atoms with Crippen molar-refractivity contribution >= 4 is 16.9 Å². The molecule has 0 spiro atoms. The Morgan fingerprint density at radius 2 is 2.09 bits per heavy atom. The maximum absolute atomic E-state index is 12.4. The van der Waals surface area contributed by atoms with Gasteiger partial charge in [0.2, 0.25) is 5.88 Å². The van der Waals surface area contributed by atoms with Crippen LogP contribution in [0.1, 0.15) is 23.1 Å². The Labute approximate surface area is 134 Å². The topological polar surface area (TPSA) is 69.0 Å². The molecule has 0 aliphatic heterocycles. The van der Waals surface area contributed by atoms with E-state index in [-0.39, 0.29) is 5.91 Å². The first-order valence-corrected chi connectivity index (χ1v) is 7.47. The molecule has 6 nitrogen and oxygen atoms in total. The lowest BCUT2D eigenvalue weighted by atomic mass is 10.2. The van der Waals surface area contributed by atoms with Crippen LogP contribution in [0.5, 0.6) is 5.88 Å². The van der Waals surface area contributed by atoms with Crippen LogP contribution in [-0.2, 0) is 13.6 Å². The third-order valence-corrected chi connectivity index (χ3v) is 3.58. The standard InChI is InChI=1S/C17H18N4O2/c1-3-23-17-12(7-6-10-18-17)16(22)19-11-15-20-13-8-4-5-9-14(13)21(15)2/h4-10H,3,11H2,1-2H3,(H,19,22). The van der Waals surface area contributed by atoms with Gasteiger partial charge in [-0.1, -0.05) is 12.1 Å². The molecule has 0 atom stereocenters. The highest BCUT2D eigenvalue weighted by molar-refractivity contribution is 5.96. The molecule has 3 aromatic rings. The zero-order valence-corrected chi connectivity index (χ0v) is 13.1. The number of fused-ring (bicyclic) bond motifs is 1. The van der Waals surface area contributed by atoms with E-state index in [9.17, 15) is 4.79 Å². The Hall–Kier alpha value is -2.89. The Morgan fingerprint density at radius 1 is 1.26 bits per heavy atom. The summed E-state index contributed by atoms with van der Waals surface area (Å²) in [5, 5.41) is 2.87. The van der Waals surface area contributed by atoms with E-state index in [4.69, 9.17) is 4.74 Å². The highest BCUT2D eigenvalue weighted by atomic mass is 16.5. The number of benzene rings is 1. The van der Waals surface area contributed by atoms with E-state index in [1.54, 1.807) is 18.3 Å². The van der Waals surface area contributed by atoms with E-state index in [1.165, 1.54) is 0 Å². The summed E-state index contributed by atoms with van der Waals surface area (Å²) in [5.41, 5.74) is 2.37. The van der Waals surface area contributed by atoms with Crippen LogP contribution in [0.15, 0.2) is 42.6 Å². The molecule has 0 aliphatic carbocycles. The van der Waals surface area contributed by atoms with Crippen LogP contribution in [0.3, 0.4) is 0 Å². The quantitative estimate of drug-likeness (QED) is 0.785. The summed E-state index contributed by atoms with van der Waals surface area (Å²) < 4.78 is 7.36. The van der Waals surface area contributed by atoms with Gasteiger partial charge in [-0.05, 0) is 31.2 Å². The number of aryl methyl sites for hydroxylation is 1. The molecule has 2 heterocycles. The number of nitrogens with one attached hydrogen (secondary N) is 1. The number of hydrogen-bond acceptors (Lipinski definition) is 4. The fourth-order valence-electron chi connectivity index (χ4n) is 2.42. The number of aromatic nitrogens is 3. The molecule has 0 aliphatic rings. The number of hydrogen-bond donors (Lipinski definition) is 1. The van der Waals surface area contributed by atoms with Crippen molar-refractivity contribution in [3.05, 3.63) is 54.0 Å². The maximum atomic E-state index is 12.4. The number of imidazole rings is 1. The number of carbonyl (C=O) groups is 1. The van der Waals surface area contributed by atoms with Crippen molar-refractivity contribution in [3.63, 3.8) is 0 Å². The molecule has 0 saturated heterocycles. The number of pyridine rings is 1. The fourth-order valence-corrected chi connectivity index (χ4v) is 2.42. The Balaban J connectivity index is 1.77. The van der Waals surface area contributed by atoms with Gasteiger partial charge in [0, 0.05) is 13.2 Å². The van der Waals surface area contributed by atoms with Crippen molar-refractivity contribution in [2.75, 3.05) is 6.61 Å². The predicted octanol–water partition coefficient (Wildman–Crippen LogP) is 2.30. The predicted molar refractivity (Wildman–Crippen MR) is 87.3 cm³/mol. The van der Waals surface area contributed by atoms with E-state index in [1.807, 2.05) is 42.8 Å². The molecular formula is C17H18N4O2. The fraction of sp³-hybridized carbons (Fsp3) is 0.235. The molecule has 1 amide bonds. The third-order valence-electron chi connectivity index (χ3n) is 3.58. The summed E-state index contributed by atoms with van der Waals surface area (Å²) in [6.07, 6.45) is 1.60. The second kappa shape index (κ2) is 6.48. The number of para-hydroxylation sites is 2. The first-order valence-electron chi connectivity index (χ1n) is 7.47. The van der Waals surface area contributed by atoms with Gasteiger partial charge in [0.05, 0.1) is 24.2 Å². The van der Waals surface area contributed by atoms with Gasteiger partial charge in [-0.2, -0.15) is 0 Å². The number of rotatable bonds is 5. The summed E-state index contributed by atoms with van der Waals surface area (Å²) >= 11 is 0. The summed E-state index contributed by atoms with van der Waals surface area (Å²) in [4.78, 5) is 21.0. The van der Waals surface area contributed by atoms with Crippen LogP contribution in [0.25, 0.3) is 11.0 Å². The molecule has 2 aromatic heterocycles. The highest BCUT2D eigenvalue weighted by Gasteiger charge is 2.14. The summed E-state index contributed by atoms with van der Waals surface area (Å²) in [6, 6.07) is 11.3. The zero-order valence-electron chi connectivity index (χ0n) is 13.1. The van der Waals surface area contributed by atoms with Crippen molar-refractivity contribution in [1.82, 2.24) is 19.9 Å². The van der Waals surface area contributed by atoms with Crippen molar-refractivity contribution in [3.8, 4) is 5.88 Å². The average molecular weight is 310 g/mol. The molecule has 1 N–H and O–H groups in total. The van der Waals surface area contributed by atoms with Crippen LogP contribution in [-0.4, -0.2) is 27.0 Å².